The van der Waals surface area contributed by atoms with Gasteiger partial charge in [0.1, 0.15) is 4.60 Å². The predicted octanol–water partition coefficient (Wildman–Crippen LogP) is 2.46. The number of aromatic amines is 1. The van der Waals surface area contributed by atoms with Crippen LogP contribution in [0.1, 0.15) is 0 Å². The van der Waals surface area contributed by atoms with Crippen LogP contribution in [0.25, 0.3) is 10.9 Å². The zero-order valence-electron chi connectivity index (χ0n) is 5.44. The standard InChI is InChI=1S/C7H4BrFN2/c8-7-6-4(1-2-10-6)3-5(9)11-7/h1-3,10H. The van der Waals surface area contributed by atoms with Gasteiger partial charge in [0.2, 0.25) is 5.95 Å². The molecule has 1 N–H and O–H groups in total. The number of hydrogen-bond acceptors (Lipinski definition) is 1. The summed E-state index contributed by atoms with van der Waals surface area (Å²) in [6, 6.07) is 3.18. The number of rotatable bonds is 0. The van der Waals surface area contributed by atoms with E-state index in [0.717, 1.165) is 10.9 Å². The third-order valence-electron chi connectivity index (χ3n) is 1.47. The van der Waals surface area contributed by atoms with Crippen molar-refractivity contribution in [2.45, 2.75) is 0 Å². The lowest BCUT2D eigenvalue weighted by Gasteiger charge is -1.92. The van der Waals surface area contributed by atoms with Crippen molar-refractivity contribution in [1.82, 2.24) is 9.97 Å². The largest absolute Gasteiger partial charge is 0.359 e. The van der Waals surface area contributed by atoms with Gasteiger partial charge in [-0.3, -0.25) is 0 Å². The number of halogens is 2. The lowest BCUT2D eigenvalue weighted by atomic mass is 10.3. The molecular formula is C7H4BrFN2. The van der Waals surface area contributed by atoms with Crippen molar-refractivity contribution in [2.24, 2.45) is 0 Å². The van der Waals surface area contributed by atoms with E-state index in [0.29, 0.717) is 4.60 Å². The molecule has 2 nitrogen and oxygen atoms in total. The molecule has 2 aromatic heterocycles. The maximum atomic E-state index is 12.6. The van der Waals surface area contributed by atoms with E-state index in [1.807, 2.05) is 0 Å². The summed E-state index contributed by atoms with van der Waals surface area (Å²) in [7, 11) is 0. The highest BCUT2D eigenvalue weighted by Gasteiger charge is 2.02. The van der Waals surface area contributed by atoms with Crippen LogP contribution >= 0.6 is 15.9 Å². The molecule has 2 rings (SSSR count). The normalized spacial score (nSPS) is 10.7. The van der Waals surface area contributed by atoms with Gasteiger partial charge in [-0.15, -0.1) is 0 Å². The Labute approximate surface area is 70.6 Å². The van der Waals surface area contributed by atoms with Crippen LogP contribution in [0.15, 0.2) is 22.9 Å². The zero-order chi connectivity index (χ0) is 7.84. The number of hydrogen-bond donors (Lipinski definition) is 1. The van der Waals surface area contributed by atoms with E-state index in [1.165, 1.54) is 6.07 Å². The van der Waals surface area contributed by atoms with Crippen LogP contribution < -0.4 is 0 Å². The average Bonchev–Trinajstić information content (AvgIpc) is 2.34. The molecular weight excluding hydrogens is 211 g/mol. The third-order valence-corrected chi connectivity index (χ3v) is 2.04. The zero-order valence-corrected chi connectivity index (χ0v) is 7.02. The van der Waals surface area contributed by atoms with Crippen LogP contribution in [-0.4, -0.2) is 9.97 Å². The molecule has 0 fully saturated rings. The second-order valence-electron chi connectivity index (χ2n) is 2.18. The Morgan fingerprint density at radius 2 is 2.36 bits per heavy atom. The van der Waals surface area contributed by atoms with Crippen LogP contribution in [0, 0.1) is 5.95 Å². The first-order chi connectivity index (χ1) is 5.27. The Balaban J connectivity index is 2.91. The van der Waals surface area contributed by atoms with Gasteiger partial charge in [0.15, 0.2) is 0 Å². The van der Waals surface area contributed by atoms with E-state index in [2.05, 4.69) is 25.9 Å². The second-order valence-corrected chi connectivity index (χ2v) is 2.93. The van der Waals surface area contributed by atoms with E-state index in [-0.39, 0.29) is 0 Å². The Kier molecular flexibility index (Phi) is 1.42. The van der Waals surface area contributed by atoms with Gasteiger partial charge in [-0.25, -0.2) is 4.98 Å². The Morgan fingerprint density at radius 3 is 3.18 bits per heavy atom. The van der Waals surface area contributed by atoms with Crippen molar-refractivity contribution in [3.63, 3.8) is 0 Å². The fourth-order valence-corrected chi connectivity index (χ4v) is 1.50. The topological polar surface area (TPSA) is 28.7 Å². The second kappa shape index (κ2) is 2.30. The summed E-state index contributed by atoms with van der Waals surface area (Å²) in [5, 5.41) is 0.823. The summed E-state index contributed by atoms with van der Waals surface area (Å²) in [6.45, 7) is 0. The van der Waals surface area contributed by atoms with Gasteiger partial charge in [0.05, 0.1) is 5.52 Å². The molecule has 0 bridgehead atoms. The summed E-state index contributed by atoms with van der Waals surface area (Å²) in [5.41, 5.74) is 0.825. The van der Waals surface area contributed by atoms with Gasteiger partial charge < -0.3 is 4.98 Å². The molecule has 4 heteroatoms. The molecule has 11 heavy (non-hydrogen) atoms. The van der Waals surface area contributed by atoms with Gasteiger partial charge in [-0.05, 0) is 22.0 Å². The van der Waals surface area contributed by atoms with Crippen LogP contribution in [0.5, 0.6) is 0 Å². The first-order valence-corrected chi connectivity index (χ1v) is 3.86. The number of nitrogens with one attached hydrogen (secondary N) is 1. The van der Waals surface area contributed by atoms with Gasteiger partial charge in [-0.2, -0.15) is 4.39 Å². The molecule has 0 aliphatic carbocycles. The van der Waals surface area contributed by atoms with Crippen molar-refractivity contribution >= 4 is 26.8 Å². The highest BCUT2D eigenvalue weighted by atomic mass is 79.9. The fraction of sp³-hybridized carbons (Fsp3) is 0. The smallest absolute Gasteiger partial charge is 0.214 e. The molecule has 0 aromatic carbocycles. The summed E-state index contributed by atoms with van der Waals surface area (Å²) >= 11 is 3.14. The fourth-order valence-electron chi connectivity index (χ4n) is 0.991. The van der Waals surface area contributed by atoms with Gasteiger partial charge in [-0.1, -0.05) is 0 Å². The van der Waals surface area contributed by atoms with Crippen molar-refractivity contribution in [1.29, 1.82) is 0 Å². The maximum absolute atomic E-state index is 12.6. The van der Waals surface area contributed by atoms with Crippen LogP contribution in [0.3, 0.4) is 0 Å². The molecule has 0 saturated carbocycles. The van der Waals surface area contributed by atoms with Crippen molar-refractivity contribution in [2.75, 3.05) is 0 Å². The first-order valence-electron chi connectivity index (χ1n) is 3.06. The van der Waals surface area contributed by atoms with Crippen LogP contribution in [0.2, 0.25) is 0 Å². The molecule has 0 aliphatic heterocycles. The highest BCUT2D eigenvalue weighted by Crippen LogP contribution is 2.20. The lowest BCUT2D eigenvalue weighted by molar-refractivity contribution is 0.584. The minimum absolute atomic E-state index is 0.469. The number of pyridine rings is 1. The number of H-pyrrole nitrogens is 1. The summed E-state index contributed by atoms with van der Waals surface area (Å²) in [6.07, 6.45) is 1.75. The molecule has 0 spiro atoms. The molecule has 0 radical (unpaired) electrons. The van der Waals surface area contributed by atoms with Gasteiger partial charge in [0, 0.05) is 17.6 Å². The molecule has 0 amide bonds. The van der Waals surface area contributed by atoms with E-state index in [1.54, 1.807) is 12.3 Å². The predicted molar refractivity (Wildman–Crippen MR) is 43.8 cm³/mol. The quantitative estimate of drug-likeness (QED) is 0.671. The number of nitrogens with zero attached hydrogens (tertiary/aromatic N) is 1. The van der Waals surface area contributed by atoms with Gasteiger partial charge in [0.25, 0.3) is 0 Å². The summed E-state index contributed by atoms with van der Waals surface area (Å²) in [5.74, 6) is -0.469. The number of fused-ring (bicyclic) bond motifs is 1. The Morgan fingerprint density at radius 1 is 1.55 bits per heavy atom. The molecule has 2 heterocycles. The Hall–Kier alpha value is -0.900. The summed E-state index contributed by atoms with van der Waals surface area (Å²) < 4.78 is 13.1. The first kappa shape index (κ1) is 6.79. The summed E-state index contributed by atoms with van der Waals surface area (Å²) in [4.78, 5) is 6.53. The van der Waals surface area contributed by atoms with E-state index in [9.17, 15) is 4.39 Å². The van der Waals surface area contributed by atoms with E-state index < -0.39 is 5.95 Å². The molecule has 56 valence electrons. The van der Waals surface area contributed by atoms with E-state index >= 15 is 0 Å². The minimum atomic E-state index is -0.469. The molecule has 0 unspecified atom stereocenters. The molecule has 2 aromatic rings. The van der Waals surface area contributed by atoms with Crippen molar-refractivity contribution in [3.05, 3.63) is 28.9 Å². The average molecular weight is 215 g/mol. The third kappa shape index (κ3) is 1.03. The van der Waals surface area contributed by atoms with Crippen molar-refractivity contribution in [3.8, 4) is 0 Å². The van der Waals surface area contributed by atoms with E-state index in [4.69, 9.17) is 0 Å². The lowest BCUT2D eigenvalue weighted by Crippen LogP contribution is -1.83. The number of aromatic nitrogens is 2. The van der Waals surface area contributed by atoms with Crippen LogP contribution in [0.4, 0.5) is 4.39 Å². The molecule has 0 atom stereocenters. The SMILES string of the molecule is Fc1cc2cc[nH]c2c(Br)n1. The molecule has 0 saturated heterocycles. The monoisotopic (exact) mass is 214 g/mol. The maximum Gasteiger partial charge on any atom is 0.214 e. The van der Waals surface area contributed by atoms with Gasteiger partial charge >= 0.3 is 0 Å². The Bertz CT molecular complexity index is 396. The van der Waals surface area contributed by atoms with Crippen molar-refractivity contribution < 1.29 is 4.39 Å². The molecule has 0 aliphatic rings. The highest BCUT2D eigenvalue weighted by molar-refractivity contribution is 9.10. The van der Waals surface area contributed by atoms with Crippen LogP contribution in [-0.2, 0) is 0 Å². The minimum Gasteiger partial charge on any atom is -0.359 e.